The number of nitrogens with two attached hydrogens (primary N) is 1. The lowest BCUT2D eigenvalue weighted by Crippen LogP contribution is -2.63. The minimum atomic E-state index is 0.139. The first kappa shape index (κ1) is 8.25. The fourth-order valence-electron chi connectivity index (χ4n) is 4.49. The Balaban J connectivity index is 1.95. The fourth-order valence-corrected chi connectivity index (χ4v) is 4.49. The van der Waals surface area contributed by atoms with Crippen LogP contribution in [0.25, 0.3) is 0 Å². The maximum absolute atomic E-state index is 6.40. The smallest absolute Gasteiger partial charge is 0.0701 e. The van der Waals surface area contributed by atoms with Crippen molar-refractivity contribution in [3.05, 3.63) is 0 Å². The van der Waals surface area contributed by atoms with Gasteiger partial charge in [-0.05, 0) is 50.4 Å². The normalized spacial score (nSPS) is 58.6. The van der Waals surface area contributed by atoms with Gasteiger partial charge in [-0.2, -0.15) is 0 Å². The van der Waals surface area contributed by atoms with E-state index >= 15 is 0 Å². The quantitative estimate of drug-likeness (QED) is 0.668. The molecule has 0 saturated heterocycles. The molecule has 2 atom stereocenters. The van der Waals surface area contributed by atoms with Gasteiger partial charge in [0.2, 0.25) is 0 Å². The van der Waals surface area contributed by atoms with Crippen LogP contribution in [0, 0.1) is 11.8 Å². The summed E-state index contributed by atoms with van der Waals surface area (Å²) in [5.74, 6) is 1.73. The maximum atomic E-state index is 6.40. The summed E-state index contributed by atoms with van der Waals surface area (Å²) in [6.45, 7) is 0. The van der Waals surface area contributed by atoms with E-state index in [1.807, 2.05) is 7.11 Å². The zero-order valence-electron chi connectivity index (χ0n) is 8.38. The van der Waals surface area contributed by atoms with E-state index in [0.29, 0.717) is 0 Å². The van der Waals surface area contributed by atoms with Crippen LogP contribution in [0.5, 0.6) is 0 Å². The van der Waals surface area contributed by atoms with Gasteiger partial charge >= 0.3 is 0 Å². The molecule has 4 fully saturated rings. The third-order valence-corrected chi connectivity index (χ3v) is 4.49. The molecule has 4 aliphatic carbocycles. The third-order valence-electron chi connectivity index (χ3n) is 4.49. The SMILES string of the molecule is COC12CC3CC(CC(N)(C3)C1)C2. The molecule has 0 aliphatic heterocycles. The van der Waals surface area contributed by atoms with Crippen molar-refractivity contribution in [1.82, 2.24) is 0 Å². The molecule has 2 nitrogen and oxygen atoms in total. The summed E-state index contributed by atoms with van der Waals surface area (Å²) in [6, 6.07) is 0. The molecule has 0 aromatic rings. The van der Waals surface area contributed by atoms with E-state index in [0.717, 1.165) is 18.3 Å². The Labute approximate surface area is 79.8 Å². The van der Waals surface area contributed by atoms with Crippen molar-refractivity contribution in [1.29, 1.82) is 0 Å². The van der Waals surface area contributed by atoms with Gasteiger partial charge in [0, 0.05) is 12.6 Å². The van der Waals surface area contributed by atoms with Gasteiger partial charge in [-0.3, -0.25) is 0 Å². The van der Waals surface area contributed by atoms with Gasteiger partial charge in [-0.1, -0.05) is 0 Å². The Kier molecular flexibility index (Phi) is 1.45. The van der Waals surface area contributed by atoms with Crippen molar-refractivity contribution in [3.63, 3.8) is 0 Å². The minimum Gasteiger partial charge on any atom is -0.378 e. The van der Waals surface area contributed by atoms with Crippen LogP contribution in [0.3, 0.4) is 0 Å². The van der Waals surface area contributed by atoms with Crippen molar-refractivity contribution >= 4 is 0 Å². The molecule has 4 saturated carbocycles. The van der Waals surface area contributed by atoms with Crippen molar-refractivity contribution in [2.75, 3.05) is 7.11 Å². The lowest BCUT2D eigenvalue weighted by Gasteiger charge is -2.60. The first-order valence-corrected chi connectivity index (χ1v) is 5.47. The van der Waals surface area contributed by atoms with E-state index in [1.54, 1.807) is 0 Å². The van der Waals surface area contributed by atoms with E-state index in [2.05, 4.69) is 0 Å². The molecule has 4 bridgehead atoms. The van der Waals surface area contributed by atoms with Gasteiger partial charge in [-0.15, -0.1) is 0 Å². The highest BCUT2D eigenvalue weighted by Crippen LogP contribution is 2.57. The molecule has 74 valence electrons. The highest BCUT2D eigenvalue weighted by molar-refractivity contribution is 5.11. The summed E-state index contributed by atoms with van der Waals surface area (Å²) in [5.41, 5.74) is 6.72. The van der Waals surface area contributed by atoms with Gasteiger partial charge in [0.25, 0.3) is 0 Å². The molecular formula is C11H19NO. The largest absolute Gasteiger partial charge is 0.378 e. The minimum absolute atomic E-state index is 0.139. The number of ether oxygens (including phenoxy) is 1. The van der Waals surface area contributed by atoms with Crippen LogP contribution in [0.2, 0.25) is 0 Å². The highest BCUT2D eigenvalue weighted by Gasteiger charge is 2.56. The first-order valence-electron chi connectivity index (χ1n) is 5.47. The number of hydrogen-bond acceptors (Lipinski definition) is 2. The Bertz CT molecular complexity index is 224. The summed E-state index contributed by atoms with van der Waals surface area (Å²) in [4.78, 5) is 0. The summed E-state index contributed by atoms with van der Waals surface area (Å²) in [7, 11) is 1.87. The van der Waals surface area contributed by atoms with E-state index in [1.165, 1.54) is 32.1 Å². The van der Waals surface area contributed by atoms with Gasteiger partial charge in [0.15, 0.2) is 0 Å². The predicted molar refractivity (Wildman–Crippen MR) is 51.3 cm³/mol. The third kappa shape index (κ3) is 1.08. The molecule has 13 heavy (non-hydrogen) atoms. The molecule has 4 aliphatic rings. The van der Waals surface area contributed by atoms with Crippen LogP contribution in [0.15, 0.2) is 0 Å². The van der Waals surface area contributed by atoms with Crippen LogP contribution in [-0.4, -0.2) is 18.2 Å². The van der Waals surface area contributed by atoms with Crippen LogP contribution in [-0.2, 0) is 4.74 Å². The summed E-state index contributed by atoms with van der Waals surface area (Å²) in [6.07, 6.45) is 7.61. The monoisotopic (exact) mass is 181 g/mol. The van der Waals surface area contributed by atoms with Crippen LogP contribution < -0.4 is 5.73 Å². The molecule has 0 aromatic heterocycles. The Morgan fingerprint density at radius 1 is 1.15 bits per heavy atom. The molecule has 2 heteroatoms. The fraction of sp³-hybridized carbons (Fsp3) is 1.00. The zero-order valence-corrected chi connectivity index (χ0v) is 8.38. The van der Waals surface area contributed by atoms with Crippen molar-refractivity contribution in [2.45, 2.75) is 49.7 Å². The Morgan fingerprint density at radius 3 is 2.23 bits per heavy atom. The van der Waals surface area contributed by atoms with Crippen molar-refractivity contribution in [2.24, 2.45) is 17.6 Å². The van der Waals surface area contributed by atoms with E-state index in [9.17, 15) is 0 Å². The van der Waals surface area contributed by atoms with Crippen molar-refractivity contribution in [3.8, 4) is 0 Å². The predicted octanol–water partition coefficient (Wildman–Crippen LogP) is 1.68. The molecular weight excluding hydrogens is 162 g/mol. The lowest BCUT2D eigenvalue weighted by atomic mass is 9.51. The standard InChI is InChI=1S/C11H19NO/c1-13-11-5-8-2-9(6-11)4-10(12,3-8)7-11/h8-9H,2-7,12H2,1H3. The molecule has 2 N–H and O–H groups in total. The van der Waals surface area contributed by atoms with Crippen molar-refractivity contribution < 1.29 is 4.74 Å². The van der Waals surface area contributed by atoms with Gasteiger partial charge in [0.05, 0.1) is 5.60 Å². The van der Waals surface area contributed by atoms with Crippen LogP contribution >= 0.6 is 0 Å². The van der Waals surface area contributed by atoms with E-state index in [4.69, 9.17) is 10.5 Å². The lowest BCUT2D eigenvalue weighted by molar-refractivity contribution is -0.152. The van der Waals surface area contributed by atoms with Crippen LogP contribution in [0.1, 0.15) is 38.5 Å². The molecule has 0 aromatic carbocycles. The second kappa shape index (κ2) is 2.29. The topological polar surface area (TPSA) is 35.2 Å². The summed E-state index contributed by atoms with van der Waals surface area (Å²) >= 11 is 0. The Hall–Kier alpha value is -0.0800. The molecule has 0 spiro atoms. The molecule has 2 unspecified atom stereocenters. The number of rotatable bonds is 1. The molecule has 0 radical (unpaired) electrons. The maximum Gasteiger partial charge on any atom is 0.0701 e. The van der Waals surface area contributed by atoms with Gasteiger partial charge < -0.3 is 10.5 Å². The second-order valence-corrected chi connectivity index (χ2v) is 5.71. The molecule has 0 heterocycles. The average Bonchev–Trinajstić information content (AvgIpc) is 1.99. The highest BCUT2D eigenvalue weighted by atomic mass is 16.5. The van der Waals surface area contributed by atoms with Crippen LogP contribution in [0.4, 0.5) is 0 Å². The first-order chi connectivity index (χ1) is 6.13. The summed E-state index contributed by atoms with van der Waals surface area (Å²) in [5, 5.41) is 0. The van der Waals surface area contributed by atoms with E-state index in [-0.39, 0.29) is 11.1 Å². The van der Waals surface area contributed by atoms with E-state index < -0.39 is 0 Å². The molecule has 4 rings (SSSR count). The number of methoxy groups -OCH3 is 1. The second-order valence-electron chi connectivity index (χ2n) is 5.71. The average molecular weight is 181 g/mol. The Morgan fingerprint density at radius 2 is 1.77 bits per heavy atom. The van der Waals surface area contributed by atoms with Gasteiger partial charge in [-0.25, -0.2) is 0 Å². The molecule has 0 amide bonds. The summed E-state index contributed by atoms with van der Waals surface area (Å²) < 4.78 is 5.74. The number of hydrogen-bond donors (Lipinski definition) is 1. The van der Waals surface area contributed by atoms with Gasteiger partial charge in [0.1, 0.15) is 0 Å². The zero-order chi connectivity index (χ0) is 9.10.